The zero-order chi connectivity index (χ0) is 10.9. The molecule has 0 saturated carbocycles. The van der Waals surface area contributed by atoms with Crippen LogP contribution >= 0.6 is 33.3 Å². The van der Waals surface area contributed by atoms with Crippen LogP contribution in [0.2, 0.25) is 0 Å². The summed E-state index contributed by atoms with van der Waals surface area (Å²) in [6, 6.07) is 1.00. The van der Waals surface area contributed by atoms with Crippen molar-refractivity contribution >= 4 is 42.3 Å². The van der Waals surface area contributed by atoms with Gasteiger partial charge in [0.2, 0.25) is 0 Å². The molecule has 1 aromatic heterocycles. The maximum Gasteiger partial charge on any atom is 0.278 e. The molecular formula is C6H3ClF2INO2S. The monoisotopic (exact) mass is 353 g/mol. The molecule has 78 valence electrons. The van der Waals surface area contributed by atoms with Crippen molar-refractivity contribution in [1.82, 2.24) is 4.98 Å². The van der Waals surface area contributed by atoms with E-state index in [9.17, 15) is 17.2 Å². The van der Waals surface area contributed by atoms with Crippen molar-refractivity contribution in [2.24, 2.45) is 0 Å². The Morgan fingerprint density at radius 3 is 2.43 bits per heavy atom. The zero-order valence-electron chi connectivity index (χ0n) is 6.42. The van der Waals surface area contributed by atoms with Crippen molar-refractivity contribution in [3.8, 4) is 0 Å². The van der Waals surface area contributed by atoms with Crippen LogP contribution in [0.5, 0.6) is 0 Å². The van der Waals surface area contributed by atoms with Crippen LogP contribution in [0.1, 0.15) is 12.0 Å². The summed E-state index contributed by atoms with van der Waals surface area (Å²) < 4.78 is 46.1. The fourth-order valence-corrected chi connectivity index (χ4v) is 2.29. The van der Waals surface area contributed by atoms with Gasteiger partial charge in [-0.15, -0.1) is 0 Å². The molecule has 3 nitrogen and oxygen atoms in total. The van der Waals surface area contributed by atoms with Crippen molar-refractivity contribution in [3.05, 3.63) is 21.4 Å². The zero-order valence-corrected chi connectivity index (χ0v) is 10.1. The van der Waals surface area contributed by atoms with Gasteiger partial charge in [0.1, 0.15) is 0 Å². The highest BCUT2D eigenvalue weighted by molar-refractivity contribution is 14.1. The Hall–Kier alpha value is -0.0200. The van der Waals surface area contributed by atoms with Crippen LogP contribution in [-0.2, 0) is 9.05 Å². The molecule has 0 aromatic carbocycles. The number of pyridine rings is 1. The van der Waals surface area contributed by atoms with Crippen LogP contribution in [-0.4, -0.2) is 13.4 Å². The van der Waals surface area contributed by atoms with E-state index in [1.54, 1.807) is 22.6 Å². The van der Waals surface area contributed by atoms with Crippen LogP contribution in [0.3, 0.4) is 0 Å². The topological polar surface area (TPSA) is 47.0 Å². The molecule has 0 fully saturated rings. The molecule has 0 aliphatic heterocycles. The van der Waals surface area contributed by atoms with Crippen molar-refractivity contribution in [3.63, 3.8) is 0 Å². The summed E-state index contributed by atoms with van der Waals surface area (Å²) in [6.45, 7) is 0. The first-order valence-corrected chi connectivity index (χ1v) is 6.59. The number of rotatable bonds is 2. The molecule has 14 heavy (non-hydrogen) atoms. The lowest BCUT2D eigenvalue weighted by Crippen LogP contribution is -1.99. The molecule has 8 heteroatoms. The van der Waals surface area contributed by atoms with E-state index in [1.165, 1.54) is 0 Å². The maximum absolute atomic E-state index is 12.2. The highest BCUT2D eigenvalue weighted by Crippen LogP contribution is 2.25. The number of halogens is 4. The molecular weight excluding hydrogens is 350 g/mol. The Morgan fingerprint density at radius 1 is 1.50 bits per heavy atom. The molecule has 0 bridgehead atoms. The van der Waals surface area contributed by atoms with E-state index in [0.717, 1.165) is 12.3 Å². The van der Waals surface area contributed by atoms with Gasteiger partial charge in [-0.05, 0) is 28.7 Å². The predicted molar refractivity (Wildman–Crippen MR) is 54.9 cm³/mol. The summed E-state index contributed by atoms with van der Waals surface area (Å²) in [4.78, 5) is 3.33. The molecule has 1 rings (SSSR count). The van der Waals surface area contributed by atoms with E-state index in [-0.39, 0.29) is 9.13 Å². The fraction of sp³-hybridized carbons (Fsp3) is 0.167. The minimum Gasteiger partial charge on any atom is -0.243 e. The Bertz CT molecular complexity index is 451. The molecule has 0 radical (unpaired) electrons. The molecule has 0 amide bonds. The lowest BCUT2D eigenvalue weighted by Gasteiger charge is -2.03. The molecule has 0 saturated heterocycles. The number of hydrogen-bond donors (Lipinski definition) is 0. The van der Waals surface area contributed by atoms with Crippen LogP contribution in [0.4, 0.5) is 8.78 Å². The predicted octanol–water partition coefficient (Wildman–Crippen LogP) is 2.55. The van der Waals surface area contributed by atoms with Gasteiger partial charge < -0.3 is 0 Å². The minimum absolute atomic E-state index is 0.117. The molecule has 0 spiro atoms. The van der Waals surface area contributed by atoms with Crippen LogP contribution in [0, 0.1) is 3.57 Å². The van der Waals surface area contributed by atoms with E-state index in [4.69, 9.17) is 10.7 Å². The standard InChI is InChI=1S/C6H3ClF2INO2S/c7-14(12,13)5-1-4(10)3(2-11-5)6(8)9/h1-2,6H. The van der Waals surface area contributed by atoms with E-state index in [1.807, 2.05) is 0 Å². The number of hydrogen-bond acceptors (Lipinski definition) is 3. The molecule has 0 N–H and O–H groups in total. The SMILES string of the molecule is O=S(=O)(Cl)c1cc(I)c(C(F)F)cn1. The number of aromatic nitrogens is 1. The van der Waals surface area contributed by atoms with Gasteiger partial charge in [0, 0.05) is 26.0 Å². The Labute approximate surface area is 97.0 Å². The van der Waals surface area contributed by atoms with Gasteiger partial charge in [-0.25, -0.2) is 22.2 Å². The fourth-order valence-electron chi connectivity index (χ4n) is 0.718. The Morgan fingerprint density at radius 2 is 2.07 bits per heavy atom. The molecule has 1 heterocycles. The molecule has 1 aromatic rings. The molecule has 0 unspecified atom stereocenters. The quantitative estimate of drug-likeness (QED) is 0.606. The Kier molecular flexibility index (Phi) is 3.64. The van der Waals surface area contributed by atoms with Gasteiger partial charge >= 0.3 is 0 Å². The smallest absolute Gasteiger partial charge is 0.243 e. The maximum atomic E-state index is 12.2. The summed E-state index contributed by atoms with van der Waals surface area (Å²) >= 11 is 1.60. The third-order valence-electron chi connectivity index (χ3n) is 1.34. The second-order valence-electron chi connectivity index (χ2n) is 2.28. The average molecular weight is 354 g/mol. The minimum atomic E-state index is -3.96. The third kappa shape index (κ3) is 2.74. The van der Waals surface area contributed by atoms with Crippen LogP contribution < -0.4 is 0 Å². The van der Waals surface area contributed by atoms with Gasteiger partial charge in [-0.3, -0.25) is 0 Å². The third-order valence-corrected chi connectivity index (χ3v) is 3.47. The Balaban J connectivity index is 3.27. The molecule has 0 aliphatic carbocycles. The van der Waals surface area contributed by atoms with Gasteiger partial charge in [0.15, 0.2) is 5.03 Å². The largest absolute Gasteiger partial charge is 0.278 e. The average Bonchev–Trinajstić information content (AvgIpc) is 2.01. The first-order valence-electron chi connectivity index (χ1n) is 3.20. The summed E-state index contributed by atoms with van der Waals surface area (Å²) in [5, 5.41) is -0.423. The van der Waals surface area contributed by atoms with Crippen molar-refractivity contribution in [2.45, 2.75) is 11.5 Å². The van der Waals surface area contributed by atoms with Gasteiger partial charge in [0.25, 0.3) is 15.5 Å². The lowest BCUT2D eigenvalue weighted by molar-refractivity contribution is 0.150. The van der Waals surface area contributed by atoms with E-state index in [0.29, 0.717) is 0 Å². The second-order valence-corrected chi connectivity index (χ2v) is 5.96. The van der Waals surface area contributed by atoms with Crippen molar-refractivity contribution in [2.75, 3.05) is 0 Å². The highest BCUT2D eigenvalue weighted by atomic mass is 127. The van der Waals surface area contributed by atoms with Crippen LogP contribution in [0.25, 0.3) is 0 Å². The summed E-state index contributed by atoms with van der Waals surface area (Å²) in [7, 11) is 1.02. The first kappa shape index (κ1) is 12.1. The summed E-state index contributed by atoms with van der Waals surface area (Å²) in [5.74, 6) is 0. The summed E-state index contributed by atoms with van der Waals surface area (Å²) in [6.07, 6.45) is -1.87. The van der Waals surface area contributed by atoms with Gasteiger partial charge in [-0.1, -0.05) is 0 Å². The first-order chi connectivity index (χ1) is 6.32. The van der Waals surface area contributed by atoms with E-state index >= 15 is 0 Å². The van der Waals surface area contributed by atoms with E-state index < -0.39 is 20.5 Å². The van der Waals surface area contributed by atoms with Crippen molar-refractivity contribution < 1.29 is 17.2 Å². The van der Waals surface area contributed by atoms with Gasteiger partial charge in [-0.2, -0.15) is 0 Å². The number of nitrogens with zero attached hydrogens (tertiary/aromatic N) is 1. The number of alkyl halides is 2. The van der Waals surface area contributed by atoms with Gasteiger partial charge in [0.05, 0.1) is 0 Å². The molecule has 0 atom stereocenters. The van der Waals surface area contributed by atoms with E-state index in [2.05, 4.69) is 4.98 Å². The summed E-state index contributed by atoms with van der Waals surface area (Å²) in [5.41, 5.74) is -0.310. The highest BCUT2D eigenvalue weighted by Gasteiger charge is 2.17. The van der Waals surface area contributed by atoms with Crippen LogP contribution in [0.15, 0.2) is 17.3 Å². The molecule has 0 aliphatic rings. The normalized spacial score (nSPS) is 12.1. The second kappa shape index (κ2) is 4.23. The van der Waals surface area contributed by atoms with Crippen molar-refractivity contribution in [1.29, 1.82) is 0 Å². The lowest BCUT2D eigenvalue weighted by atomic mass is 10.3.